The molecule has 0 bridgehead atoms. The van der Waals surface area contributed by atoms with Crippen LogP contribution in [0, 0.1) is 11.3 Å². The van der Waals surface area contributed by atoms with Gasteiger partial charge in [0.2, 0.25) is 0 Å². The summed E-state index contributed by atoms with van der Waals surface area (Å²) in [5, 5.41) is 3.42. The highest BCUT2D eigenvalue weighted by atomic mass is 14.9. The summed E-state index contributed by atoms with van der Waals surface area (Å²) in [6, 6.07) is 0. The molecular formula is C8H17N. The lowest BCUT2D eigenvalue weighted by atomic mass is 9.80. The zero-order chi connectivity index (χ0) is 6.91. The van der Waals surface area contributed by atoms with Gasteiger partial charge in [-0.2, -0.15) is 0 Å². The molecule has 0 aromatic carbocycles. The molecule has 1 N–H and O–H groups in total. The van der Waals surface area contributed by atoms with Crippen LogP contribution in [0.2, 0.25) is 0 Å². The summed E-state index contributed by atoms with van der Waals surface area (Å²) < 4.78 is 0. The smallest absolute Gasteiger partial charge is 0.000274 e. The van der Waals surface area contributed by atoms with E-state index in [1.165, 1.54) is 19.5 Å². The molecule has 0 radical (unpaired) electrons. The van der Waals surface area contributed by atoms with Gasteiger partial charge in [-0.1, -0.05) is 20.8 Å². The molecule has 1 rings (SSSR count). The standard InChI is InChI=1S/C8H17N/c1-7-4-8(2,3)6-9-5-7/h7,9H,4-6H2,1-3H3/t7-/m1/s1. The van der Waals surface area contributed by atoms with E-state index >= 15 is 0 Å². The average molecular weight is 127 g/mol. The van der Waals surface area contributed by atoms with Gasteiger partial charge in [0, 0.05) is 6.54 Å². The minimum Gasteiger partial charge on any atom is -0.316 e. The third-order valence-electron chi connectivity index (χ3n) is 2.00. The lowest BCUT2D eigenvalue weighted by molar-refractivity contribution is 0.211. The maximum absolute atomic E-state index is 3.42. The van der Waals surface area contributed by atoms with Gasteiger partial charge in [0.15, 0.2) is 0 Å². The van der Waals surface area contributed by atoms with Gasteiger partial charge in [-0.25, -0.2) is 0 Å². The summed E-state index contributed by atoms with van der Waals surface area (Å²) in [6.45, 7) is 9.38. The normalized spacial score (nSPS) is 34.3. The first-order chi connectivity index (χ1) is 4.10. The first-order valence-electron chi connectivity index (χ1n) is 3.81. The topological polar surface area (TPSA) is 12.0 Å². The van der Waals surface area contributed by atoms with E-state index in [1.807, 2.05) is 0 Å². The zero-order valence-electron chi connectivity index (χ0n) is 6.70. The van der Waals surface area contributed by atoms with Crippen LogP contribution in [0.1, 0.15) is 27.2 Å². The van der Waals surface area contributed by atoms with Crippen LogP contribution in [0.25, 0.3) is 0 Å². The number of hydrogen-bond donors (Lipinski definition) is 1. The van der Waals surface area contributed by atoms with Crippen LogP contribution in [-0.2, 0) is 0 Å². The van der Waals surface area contributed by atoms with Crippen molar-refractivity contribution in [1.29, 1.82) is 0 Å². The Bertz CT molecular complexity index is 96.7. The van der Waals surface area contributed by atoms with Crippen molar-refractivity contribution in [1.82, 2.24) is 5.32 Å². The van der Waals surface area contributed by atoms with Gasteiger partial charge in [0.1, 0.15) is 0 Å². The largest absolute Gasteiger partial charge is 0.316 e. The van der Waals surface area contributed by atoms with Crippen LogP contribution in [0.3, 0.4) is 0 Å². The fourth-order valence-electron chi connectivity index (χ4n) is 1.74. The van der Waals surface area contributed by atoms with Crippen LogP contribution in [0.4, 0.5) is 0 Å². The summed E-state index contributed by atoms with van der Waals surface area (Å²) in [6.07, 6.45) is 1.38. The molecule has 0 saturated carbocycles. The fraction of sp³-hybridized carbons (Fsp3) is 1.00. The Hall–Kier alpha value is -0.0400. The molecule has 0 amide bonds. The average Bonchev–Trinajstić information content (AvgIpc) is 1.60. The molecule has 0 unspecified atom stereocenters. The Kier molecular flexibility index (Phi) is 1.80. The molecule has 0 aromatic rings. The van der Waals surface area contributed by atoms with E-state index in [2.05, 4.69) is 26.1 Å². The Morgan fingerprint density at radius 1 is 1.44 bits per heavy atom. The zero-order valence-corrected chi connectivity index (χ0v) is 6.70. The van der Waals surface area contributed by atoms with Crippen molar-refractivity contribution in [3.8, 4) is 0 Å². The van der Waals surface area contributed by atoms with Crippen LogP contribution in [-0.4, -0.2) is 13.1 Å². The molecular weight excluding hydrogens is 110 g/mol. The molecule has 0 spiro atoms. The van der Waals surface area contributed by atoms with Crippen molar-refractivity contribution in [3.05, 3.63) is 0 Å². The van der Waals surface area contributed by atoms with E-state index in [0.717, 1.165) is 5.92 Å². The number of nitrogens with one attached hydrogen (secondary N) is 1. The predicted octanol–water partition coefficient (Wildman–Crippen LogP) is 1.64. The minimum atomic E-state index is 0.539. The first kappa shape index (κ1) is 7.07. The Labute approximate surface area is 57.8 Å². The van der Waals surface area contributed by atoms with E-state index < -0.39 is 0 Å². The second kappa shape index (κ2) is 2.30. The summed E-state index contributed by atoms with van der Waals surface area (Å²) in [5.41, 5.74) is 0.539. The van der Waals surface area contributed by atoms with E-state index in [4.69, 9.17) is 0 Å². The van der Waals surface area contributed by atoms with Crippen molar-refractivity contribution in [2.45, 2.75) is 27.2 Å². The highest BCUT2D eigenvalue weighted by molar-refractivity contribution is 4.79. The lowest BCUT2D eigenvalue weighted by Crippen LogP contribution is -2.40. The highest BCUT2D eigenvalue weighted by Crippen LogP contribution is 2.27. The highest BCUT2D eigenvalue weighted by Gasteiger charge is 2.24. The van der Waals surface area contributed by atoms with Gasteiger partial charge in [-0.3, -0.25) is 0 Å². The van der Waals surface area contributed by atoms with Crippen molar-refractivity contribution < 1.29 is 0 Å². The summed E-state index contributed by atoms with van der Waals surface area (Å²) in [5.74, 6) is 0.869. The second-order valence-electron chi connectivity index (χ2n) is 4.10. The number of piperidine rings is 1. The molecule has 0 aromatic heterocycles. The van der Waals surface area contributed by atoms with Crippen LogP contribution in [0.15, 0.2) is 0 Å². The minimum absolute atomic E-state index is 0.539. The van der Waals surface area contributed by atoms with E-state index in [1.54, 1.807) is 0 Å². The molecule has 0 aliphatic carbocycles. The fourth-order valence-corrected chi connectivity index (χ4v) is 1.74. The third kappa shape index (κ3) is 1.98. The third-order valence-corrected chi connectivity index (χ3v) is 2.00. The SMILES string of the molecule is C[C@H]1CNCC(C)(C)C1. The van der Waals surface area contributed by atoms with E-state index in [9.17, 15) is 0 Å². The first-order valence-corrected chi connectivity index (χ1v) is 3.81. The molecule has 54 valence electrons. The molecule has 1 nitrogen and oxygen atoms in total. The van der Waals surface area contributed by atoms with Crippen molar-refractivity contribution in [2.75, 3.05) is 13.1 Å². The van der Waals surface area contributed by atoms with Crippen LogP contribution in [0.5, 0.6) is 0 Å². The van der Waals surface area contributed by atoms with Gasteiger partial charge in [-0.15, -0.1) is 0 Å². The number of hydrogen-bond acceptors (Lipinski definition) is 1. The van der Waals surface area contributed by atoms with Crippen LogP contribution >= 0.6 is 0 Å². The summed E-state index contributed by atoms with van der Waals surface area (Å²) in [4.78, 5) is 0. The van der Waals surface area contributed by atoms with Gasteiger partial charge >= 0.3 is 0 Å². The second-order valence-corrected chi connectivity index (χ2v) is 4.10. The predicted molar refractivity (Wildman–Crippen MR) is 40.4 cm³/mol. The summed E-state index contributed by atoms with van der Waals surface area (Å²) >= 11 is 0. The van der Waals surface area contributed by atoms with Crippen LogP contribution < -0.4 is 5.32 Å². The van der Waals surface area contributed by atoms with Crippen molar-refractivity contribution in [3.63, 3.8) is 0 Å². The molecule has 1 heterocycles. The van der Waals surface area contributed by atoms with Gasteiger partial charge < -0.3 is 5.32 Å². The molecule has 1 atom stereocenters. The Morgan fingerprint density at radius 3 is 2.44 bits per heavy atom. The number of rotatable bonds is 0. The molecule has 1 fully saturated rings. The van der Waals surface area contributed by atoms with Gasteiger partial charge in [0.05, 0.1) is 0 Å². The molecule has 1 aliphatic rings. The maximum Gasteiger partial charge on any atom is 0.000274 e. The van der Waals surface area contributed by atoms with Crippen molar-refractivity contribution >= 4 is 0 Å². The Balaban J connectivity index is 2.41. The van der Waals surface area contributed by atoms with E-state index in [0.29, 0.717) is 5.41 Å². The maximum atomic E-state index is 3.42. The molecule has 1 aliphatic heterocycles. The molecule has 1 heteroatoms. The van der Waals surface area contributed by atoms with Gasteiger partial charge in [-0.05, 0) is 24.3 Å². The Morgan fingerprint density at radius 2 is 2.11 bits per heavy atom. The quantitative estimate of drug-likeness (QED) is 0.521. The van der Waals surface area contributed by atoms with E-state index in [-0.39, 0.29) is 0 Å². The monoisotopic (exact) mass is 127 g/mol. The lowest BCUT2D eigenvalue weighted by Gasteiger charge is -2.34. The summed E-state index contributed by atoms with van der Waals surface area (Å²) in [7, 11) is 0. The molecule has 1 saturated heterocycles. The van der Waals surface area contributed by atoms with Crippen molar-refractivity contribution in [2.24, 2.45) is 11.3 Å². The molecule has 9 heavy (non-hydrogen) atoms. The van der Waals surface area contributed by atoms with Gasteiger partial charge in [0.25, 0.3) is 0 Å².